The topological polar surface area (TPSA) is 67.7 Å². The van der Waals surface area contributed by atoms with Crippen LogP contribution in [-0.4, -0.2) is 15.4 Å². The van der Waals surface area contributed by atoms with Crippen LogP contribution in [0.25, 0.3) is 0 Å². The normalized spacial score (nSPS) is 10.8. The molecule has 4 heteroatoms. The molecule has 0 bridgehead atoms. The molecule has 0 aliphatic rings. The fraction of sp³-hybridized carbons (Fsp3) is 0.600. The van der Waals surface area contributed by atoms with Crippen LogP contribution in [0.2, 0.25) is 0 Å². The number of nitrogens with one attached hydrogen (secondary N) is 1. The van der Waals surface area contributed by atoms with Gasteiger partial charge in [0.25, 0.3) is 0 Å². The standard InChI is InChI=1S/C10H18N4/c1-8(2)10-13-5-7-14(10)6-3-4-9(11)12/h5,7-8H,3-4,6H2,1-2H3,(H3,11,12). The molecule has 0 aromatic carbocycles. The average Bonchev–Trinajstić information content (AvgIpc) is 2.51. The van der Waals surface area contributed by atoms with Crippen molar-refractivity contribution in [3.63, 3.8) is 0 Å². The summed E-state index contributed by atoms with van der Waals surface area (Å²) in [6.45, 7) is 5.15. The lowest BCUT2D eigenvalue weighted by molar-refractivity contribution is 0.597. The molecular formula is C10H18N4. The molecule has 4 nitrogen and oxygen atoms in total. The number of nitrogens with two attached hydrogens (primary N) is 1. The number of nitrogens with zero attached hydrogens (tertiary/aromatic N) is 2. The van der Waals surface area contributed by atoms with Crippen LogP contribution in [0.1, 0.15) is 38.4 Å². The molecule has 0 unspecified atom stereocenters. The third-order valence-electron chi connectivity index (χ3n) is 2.11. The van der Waals surface area contributed by atoms with Crippen molar-refractivity contribution in [2.45, 2.75) is 39.2 Å². The van der Waals surface area contributed by atoms with E-state index >= 15 is 0 Å². The first-order valence-electron chi connectivity index (χ1n) is 4.95. The smallest absolute Gasteiger partial charge is 0.111 e. The highest BCUT2D eigenvalue weighted by Crippen LogP contribution is 2.12. The van der Waals surface area contributed by atoms with E-state index in [0.717, 1.165) is 18.8 Å². The largest absolute Gasteiger partial charge is 0.388 e. The van der Waals surface area contributed by atoms with Gasteiger partial charge < -0.3 is 10.3 Å². The highest BCUT2D eigenvalue weighted by atomic mass is 15.1. The Kier molecular flexibility index (Phi) is 3.68. The number of rotatable bonds is 5. The maximum atomic E-state index is 7.11. The zero-order valence-electron chi connectivity index (χ0n) is 8.83. The molecule has 0 fully saturated rings. The fourth-order valence-electron chi connectivity index (χ4n) is 1.45. The van der Waals surface area contributed by atoms with Crippen LogP contribution in [0.5, 0.6) is 0 Å². The van der Waals surface area contributed by atoms with Gasteiger partial charge in [0.2, 0.25) is 0 Å². The molecule has 0 radical (unpaired) electrons. The summed E-state index contributed by atoms with van der Waals surface area (Å²) in [5.74, 6) is 1.81. The number of imidazole rings is 1. The minimum Gasteiger partial charge on any atom is -0.388 e. The van der Waals surface area contributed by atoms with E-state index in [1.807, 2.05) is 12.4 Å². The molecule has 0 spiro atoms. The molecule has 0 saturated heterocycles. The molecule has 0 aliphatic carbocycles. The lowest BCUT2D eigenvalue weighted by Gasteiger charge is -2.09. The van der Waals surface area contributed by atoms with E-state index < -0.39 is 0 Å². The van der Waals surface area contributed by atoms with Gasteiger partial charge in [-0.15, -0.1) is 0 Å². The Morgan fingerprint density at radius 1 is 1.64 bits per heavy atom. The van der Waals surface area contributed by atoms with Gasteiger partial charge in [0.05, 0.1) is 5.84 Å². The second-order valence-corrected chi connectivity index (χ2v) is 3.76. The van der Waals surface area contributed by atoms with Gasteiger partial charge in [-0.1, -0.05) is 13.8 Å². The predicted octanol–water partition coefficient (Wildman–Crippen LogP) is 1.72. The Morgan fingerprint density at radius 2 is 2.36 bits per heavy atom. The molecule has 3 N–H and O–H groups in total. The molecular weight excluding hydrogens is 176 g/mol. The predicted molar refractivity (Wildman–Crippen MR) is 57.5 cm³/mol. The number of aromatic nitrogens is 2. The summed E-state index contributed by atoms with van der Waals surface area (Å²) in [6, 6.07) is 0. The second-order valence-electron chi connectivity index (χ2n) is 3.76. The minimum atomic E-state index is 0.260. The van der Waals surface area contributed by atoms with E-state index in [0.29, 0.717) is 12.3 Å². The highest BCUT2D eigenvalue weighted by Gasteiger charge is 2.06. The van der Waals surface area contributed by atoms with Crippen molar-refractivity contribution in [1.29, 1.82) is 5.41 Å². The summed E-state index contributed by atoms with van der Waals surface area (Å²) in [4.78, 5) is 4.29. The van der Waals surface area contributed by atoms with Gasteiger partial charge in [0.15, 0.2) is 0 Å². The van der Waals surface area contributed by atoms with Crippen molar-refractivity contribution in [3.8, 4) is 0 Å². The monoisotopic (exact) mass is 194 g/mol. The average molecular weight is 194 g/mol. The van der Waals surface area contributed by atoms with Crippen LogP contribution in [0.4, 0.5) is 0 Å². The third-order valence-corrected chi connectivity index (χ3v) is 2.11. The van der Waals surface area contributed by atoms with Gasteiger partial charge in [0.1, 0.15) is 5.82 Å². The first-order chi connectivity index (χ1) is 6.61. The summed E-state index contributed by atoms with van der Waals surface area (Å²) in [5, 5.41) is 7.11. The van der Waals surface area contributed by atoms with Crippen LogP contribution < -0.4 is 5.73 Å². The molecule has 1 aromatic rings. The van der Waals surface area contributed by atoms with Gasteiger partial charge in [0, 0.05) is 31.3 Å². The quantitative estimate of drug-likeness (QED) is 0.553. The molecule has 1 aromatic heterocycles. The summed E-state index contributed by atoms with van der Waals surface area (Å²) < 4.78 is 2.13. The molecule has 14 heavy (non-hydrogen) atoms. The number of hydrogen-bond acceptors (Lipinski definition) is 2. The minimum absolute atomic E-state index is 0.260. The van der Waals surface area contributed by atoms with E-state index in [-0.39, 0.29) is 5.84 Å². The zero-order chi connectivity index (χ0) is 10.6. The Balaban J connectivity index is 2.50. The van der Waals surface area contributed by atoms with Gasteiger partial charge in [-0.05, 0) is 6.42 Å². The maximum Gasteiger partial charge on any atom is 0.111 e. The molecule has 0 aliphatic heterocycles. The van der Waals surface area contributed by atoms with E-state index in [9.17, 15) is 0 Å². The van der Waals surface area contributed by atoms with Crippen molar-refractivity contribution >= 4 is 5.84 Å². The number of aryl methyl sites for hydroxylation is 1. The van der Waals surface area contributed by atoms with E-state index in [1.54, 1.807) is 0 Å². The Morgan fingerprint density at radius 3 is 2.93 bits per heavy atom. The fourth-order valence-corrected chi connectivity index (χ4v) is 1.45. The van der Waals surface area contributed by atoms with E-state index in [1.165, 1.54) is 0 Å². The Labute approximate surface area is 84.7 Å². The first-order valence-corrected chi connectivity index (χ1v) is 4.95. The third kappa shape index (κ3) is 2.87. The maximum absolute atomic E-state index is 7.11. The van der Waals surface area contributed by atoms with Crippen molar-refractivity contribution in [1.82, 2.24) is 9.55 Å². The summed E-state index contributed by atoms with van der Waals surface area (Å²) >= 11 is 0. The van der Waals surface area contributed by atoms with Crippen molar-refractivity contribution in [2.75, 3.05) is 0 Å². The molecule has 1 rings (SSSR count). The van der Waals surface area contributed by atoms with E-state index in [2.05, 4.69) is 23.4 Å². The van der Waals surface area contributed by atoms with Gasteiger partial charge >= 0.3 is 0 Å². The molecule has 0 saturated carbocycles. The molecule has 78 valence electrons. The van der Waals surface area contributed by atoms with Crippen molar-refractivity contribution in [2.24, 2.45) is 5.73 Å². The first kappa shape index (κ1) is 10.8. The lowest BCUT2D eigenvalue weighted by atomic mass is 10.2. The van der Waals surface area contributed by atoms with Crippen LogP contribution in [-0.2, 0) is 6.54 Å². The molecule has 0 atom stereocenters. The van der Waals surface area contributed by atoms with Crippen molar-refractivity contribution in [3.05, 3.63) is 18.2 Å². The number of hydrogen-bond donors (Lipinski definition) is 2. The summed E-state index contributed by atoms with van der Waals surface area (Å²) in [7, 11) is 0. The van der Waals surface area contributed by atoms with Crippen LogP contribution in [0.3, 0.4) is 0 Å². The van der Waals surface area contributed by atoms with Crippen LogP contribution in [0.15, 0.2) is 12.4 Å². The van der Waals surface area contributed by atoms with Gasteiger partial charge in [-0.3, -0.25) is 5.41 Å². The van der Waals surface area contributed by atoms with Crippen LogP contribution in [0, 0.1) is 5.41 Å². The number of amidine groups is 1. The van der Waals surface area contributed by atoms with Gasteiger partial charge in [-0.25, -0.2) is 4.98 Å². The second kappa shape index (κ2) is 4.79. The molecule has 0 amide bonds. The van der Waals surface area contributed by atoms with Crippen molar-refractivity contribution < 1.29 is 0 Å². The van der Waals surface area contributed by atoms with Crippen LogP contribution >= 0.6 is 0 Å². The zero-order valence-corrected chi connectivity index (χ0v) is 8.83. The highest BCUT2D eigenvalue weighted by molar-refractivity contribution is 5.76. The van der Waals surface area contributed by atoms with Gasteiger partial charge in [-0.2, -0.15) is 0 Å². The summed E-state index contributed by atoms with van der Waals surface area (Å²) in [5.41, 5.74) is 5.29. The SMILES string of the molecule is CC(C)c1nccn1CCCC(=N)N. The van der Waals surface area contributed by atoms with E-state index in [4.69, 9.17) is 11.1 Å². The molecule has 1 heterocycles. The Bertz CT molecular complexity index is 301. The Hall–Kier alpha value is -1.32. The lowest BCUT2D eigenvalue weighted by Crippen LogP contribution is -2.11. The summed E-state index contributed by atoms with van der Waals surface area (Å²) in [6.07, 6.45) is 5.37.